The van der Waals surface area contributed by atoms with E-state index in [2.05, 4.69) is 15.5 Å². The van der Waals surface area contributed by atoms with E-state index in [1.807, 2.05) is 6.92 Å². The Morgan fingerprint density at radius 3 is 2.77 bits per heavy atom. The van der Waals surface area contributed by atoms with E-state index in [4.69, 9.17) is 9.47 Å². The molecule has 0 spiro atoms. The number of amides is 2. The van der Waals surface area contributed by atoms with Gasteiger partial charge >= 0.3 is 5.69 Å². The molecule has 3 aromatic rings. The summed E-state index contributed by atoms with van der Waals surface area (Å²) in [5.41, 5.74) is 0.108. The van der Waals surface area contributed by atoms with Gasteiger partial charge in [0.05, 0.1) is 30.0 Å². The highest BCUT2D eigenvalue weighted by molar-refractivity contribution is 6.07. The highest BCUT2D eigenvalue weighted by atomic mass is 19.1. The molecule has 4 rings (SSSR count). The number of hydrogen-bond donors (Lipinski definition) is 1. The van der Waals surface area contributed by atoms with Crippen molar-refractivity contribution >= 4 is 23.2 Å². The van der Waals surface area contributed by atoms with Crippen LogP contribution in [0.25, 0.3) is 0 Å². The molecule has 0 saturated carbocycles. The molecule has 0 unspecified atom stereocenters. The molecule has 184 valence electrons. The van der Waals surface area contributed by atoms with Gasteiger partial charge in [-0.1, -0.05) is 0 Å². The first-order chi connectivity index (χ1) is 16.9. The SMILES string of the molecule is CCn1ncc(NC(=O)c2ccn(COc3cc(F)ccc3[N+](=O)[O-])n2)c1C(=O)N1CCOCC1. The summed E-state index contributed by atoms with van der Waals surface area (Å²) in [6.07, 6.45) is 2.83. The number of benzene rings is 1. The predicted octanol–water partition coefficient (Wildman–Crippen LogP) is 1.91. The number of nitro benzene ring substituents is 1. The van der Waals surface area contributed by atoms with Crippen LogP contribution < -0.4 is 10.1 Å². The van der Waals surface area contributed by atoms with E-state index >= 15 is 0 Å². The van der Waals surface area contributed by atoms with Gasteiger partial charge in [0, 0.05) is 38.0 Å². The summed E-state index contributed by atoms with van der Waals surface area (Å²) < 4.78 is 26.8. The van der Waals surface area contributed by atoms with Crippen LogP contribution in [-0.4, -0.2) is 67.5 Å². The lowest BCUT2D eigenvalue weighted by atomic mass is 10.2. The third kappa shape index (κ3) is 5.27. The first-order valence-corrected chi connectivity index (χ1v) is 10.7. The quantitative estimate of drug-likeness (QED) is 0.374. The minimum absolute atomic E-state index is 0.0105. The largest absolute Gasteiger partial charge is 0.464 e. The van der Waals surface area contributed by atoms with Gasteiger partial charge in [-0.2, -0.15) is 10.2 Å². The van der Waals surface area contributed by atoms with Crippen LogP contribution in [0.3, 0.4) is 0 Å². The van der Waals surface area contributed by atoms with Gasteiger partial charge in [0.2, 0.25) is 5.75 Å². The molecule has 1 N–H and O–H groups in total. The Bertz CT molecular complexity index is 1250. The van der Waals surface area contributed by atoms with E-state index in [0.717, 1.165) is 18.2 Å². The van der Waals surface area contributed by atoms with Crippen LogP contribution in [0.15, 0.2) is 36.7 Å². The van der Waals surface area contributed by atoms with Crippen LogP contribution in [0.5, 0.6) is 5.75 Å². The van der Waals surface area contributed by atoms with Crippen molar-refractivity contribution < 1.29 is 28.4 Å². The number of carbonyl (C=O) groups is 2. The summed E-state index contributed by atoms with van der Waals surface area (Å²) in [5, 5.41) is 22.0. The maximum atomic E-state index is 13.5. The molecule has 1 fully saturated rings. The first-order valence-electron chi connectivity index (χ1n) is 10.7. The van der Waals surface area contributed by atoms with E-state index in [1.54, 1.807) is 4.90 Å². The number of rotatable bonds is 8. The molecule has 13 nitrogen and oxygen atoms in total. The Labute approximate surface area is 198 Å². The summed E-state index contributed by atoms with van der Waals surface area (Å²) in [6, 6.07) is 4.26. The molecule has 1 aliphatic heterocycles. The number of nitrogens with zero attached hydrogens (tertiary/aromatic N) is 6. The van der Waals surface area contributed by atoms with E-state index in [0.29, 0.717) is 32.8 Å². The average molecular weight is 487 g/mol. The second-order valence-corrected chi connectivity index (χ2v) is 7.46. The Kier molecular flexibility index (Phi) is 7.01. The summed E-state index contributed by atoms with van der Waals surface area (Å²) in [7, 11) is 0. The number of hydrogen-bond acceptors (Lipinski definition) is 8. The van der Waals surface area contributed by atoms with Crippen molar-refractivity contribution in [2.45, 2.75) is 20.2 Å². The highest BCUT2D eigenvalue weighted by Gasteiger charge is 2.26. The highest BCUT2D eigenvalue weighted by Crippen LogP contribution is 2.27. The molecule has 1 aliphatic rings. The molecule has 2 aromatic heterocycles. The fraction of sp³-hybridized carbons (Fsp3) is 0.333. The number of aryl methyl sites for hydroxylation is 1. The number of nitrogens with one attached hydrogen (secondary N) is 1. The van der Waals surface area contributed by atoms with Crippen LogP contribution >= 0.6 is 0 Å². The molecule has 0 bridgehead atoms. The zero-order chi connectivity index (χ0) is 24.9. The fourth-order valence-electron chi connectivity index (χ4n) is 3.49. The molecule has 1 aromatic carbocycles. The van der Waals surface area contributed by atoms with Crippen LogP contribution in [-0.2, 0) is 18.0 Å². The van der Waals surface area contributed by atoms with Crippen molar-refractivity contribution in [3.63, 3.8) is 0 Å². The van der Waals surface area contributed by atoms with Crippen molar-refractivity contribution in [2.75, 3.05) is 31.6 Å². The minimum Gasteiger partial charge on any atom is -0.464 e. The van der Waals surface area contributed by atoms with Gasteiger partial charge < -0.3 is 19.7 Å². The van der Waals surface area contributed by atoms with Crippen molar-refractivity contribution in [2.24, 2.45) is 0 Å². The van der Waals surface area contributed by atoms with Gasteiger partial charge in [0.1, 0.15) is 11.5 Å². The van der Waals surface area contributed by atoms with E-state index in [-0.39, 0.29) is 35.5 Å². The van der Waals surface area contributed by atoms with Crippen molar-refractivity contribution in [1.29, 1.82) is 0 Å². The number of anilines is 1. The standard InChI is InChI=1S/C21H22FN7O6/c1-2-28-19(21(31)26-7-9-34-10-8-26)16(12-23-28)24-20(30)15-5-6-27(25-15)13-35-18-11-14(22)3-4-17(18)29(32)33/h3-6,11-12H,2,7-10,13H2,1H3,(H,24,30). The number of ether oxygens (including phenoxy) is 2. The summed E-state index contributed by atoms with van der Waals surface area (Å²) in [4.78, 5) is 37.9. The predicted molar refractivity (Wildman–Crippen MR) is 118 cm³/mol. The molecular weight excluding hydrogens is 465 g/mol. The van der Waals surface area contributed by atoms with Gasteiger partial charge in [-0.3, -0.25) is 24.4 Å². The Morgan fingerprint density at radius 2 is 2.06 bits per heavy atom. The topological polar surface area (TPSA) is 147 Å². The average Bonchev–Trinajstić information content (AvgIpc) is 3.49. The van der Waals surface area contributed by atoms with Gasteiger partial charge in [-0.25, -0.2) is 9.07 Å². The second kappa shape index (κ2) is 10.3. The fourth-order valence-corrected chi connectivity index (χ4v) is 3.49. The van der Waals surface area contributed by atoms with Gasteiger partial charge in [-0.15, -0.1) is 0 Å². The second-order valence-electron chi connectivity index (χ2n) is 7.46. The Morgan fingerprint density at radius 1 is 1.29 bits per heavy atom. The molecule has 35 heavy (non-hydrogen) atoms. The third-order valence-electron chi connectivity index (χ3n) is 5.23. The normalized spacial score (nSPS) is 13.5. The number of morpholine rings is 1. The lowest BCUT2D eigenvalue weighted by Gasteiger charge is -2.27. The number of carbonyl (C=O) groups excluding carboxylic acids is 2. The maximum Gasteiger partial charge on any atom is 0.311 e. The molecule has 14 heteroatoms. The molecule has 0 aliphatic carbocycles. The molecule has 3 heterocycles. The molecule has 1 saturated heterocycles. The van der Waals surface area contributed by atoms with E-state index in [9.17, 15) is 24.1 Å². The molecule has 0 atom stereocenters. The summed E-state index contributed by atoms with van der Waals surface area (Å²) in [5.74, 6) is -1.82. The lowest BCUT2D eigenvalue weighted by molar-refractivity contribution is -0.386. The number of halogens is 1. The summed E-state index contributed by atoms with van der Waals surface area (Å²) in [6.45, 7) is 3.72. The lowest BCUT2D eigenvalue weighted by Crippen LogP contribution is -2.41. The van der Waals surface area contributed by atoms with Crippen LogP contribution in [0.4, 0.5) is 15.8 Å². The number of nitro groups is 1. The molecule has 0 radical (unpaired) electrons. The van der Waals surface area contributed by atoms with E-state index < -0.39 is 22.3 Å². The van der Waals surface area contributed by atoms with Crippen molar-refractivity contribution in [1.82, 2.24) is 24.5 Å². The zero-order valence-electron chi connectivity index (χ0n) is 18.7. The van der Waals surface area contributed by atoms with Gasteiger partial charge in [0.15, 0.2) is 12.4 Å². The summed E-state index contributed by atoms with van der Waals surface area (Å²) >= 11 is 0. The Balaban J connectivity index is 1.45. The van der Waals surface area contributed by atoms with Crippen LogP contribution in [0.1, 0.15) is 27.9 Å². The minimum atomic E-state index is -0.693. The molecule has 2 amide bonds. The molecular formula is C21H22FN7O6. The third-order valence-corrected chi connectivity index (χ3v) is 5.23. The van der Waals surface area contributed by atoms with Crippen molar-refractivity contribution in [3.8, 4) is 5.75 Å². The van der Waals surface area contributed by atoms with Crippen molar-refractivity contribution in [3.05, 3.63) is 64.0 Å². The van der Waals surface area contributed by atoms with Crippen LogP contribution in [0.2, 0.25) is 0 Å². The van der Waals surface area contributed by atoms with Gasteiger partial charge in [0.25, 0.3) is 11.8 Å². The smallest absolute Gasteiger partial charge is 0.311 e. The zero-order valence-corrected chi connectivity index (χ0v) is 18.7. The first kappa shape index (κ1) is 23.8. The Hall–Kier alpha value is -4.33. The van der Waals surface area contributed by atoms with E-state index in [1.165, 1.54) is 27.8 Å². The monoisotopic (exact) mass is 487 g/mol. The number of aromatic nitrogens is 4. The van der Waals surface area contributed by atoms with Crippen LogP contribution in [0, 0.1) is 15.9 Å². The van der Waals surface area contributed by atoms with Gasteiger partial charge in [-0.05, 0) is 19.1 Å². The maximum absolute atomic E-state index is 13.5.